The fraction of sp³-hybridized carbons (Fsp3) is 0.462. The van der Waals surface area contributed by atoms with Crippen LogP contribution >= 0.6 is 0 Å². The van der Waals surface area contributed by atoms with Gasteiger partial charge in [-0.05, 0) is 18.9 Å². The van der Waals surface area contributed by atoms with Gasteiger partial charge in [-0.15, -0.1) is 0 Å². The van der Waals surface area contributed by atoms with Gasteiger partial charge in [-0.3, -0.25) is 0 Å². The Labute approximate surface area is 90.4 Å². The Kier molecular flexibility index (Phi) is 2.64. The van der Waals surface area contributed by atoms with Gasteiger partial charge >= 0.3 is 0 Å². The zero-order chi connectivity index (χ0) is 10.7. The molecule has 2 heteroatoms. The summed E-state index contributed by atoms with van der Waals surface area (Å²) in [5.74, 6) is 0.350. The van der Waals surface area contributed by atoms with Crippen molar-refractivity contribution in [1.82, 2.24) is 0 Å². The van der Waals surface area contributed by atoms with Crippen LogP contribution in [-0.4, -0.2) is 11.7 Å². The Bertz CT molecular complexity index is 386. The maximum Gasteiger partial charge on any atom is 0.224 e. The lowest BCUT2D eigenvalue weighted by Gasteiger charge is -2.24. The molecule has 1 aromatic rings. The average Bonchev–Trinajstić information content (AvgIpc) is 2.69. The topological polar surface area (TPSA) is 24.6 Å². The molecule has 1 saturated carbocycles. The van der Waals surface area contributed by atoms with Gasteiger partial charge in [0.05, 0.1) is 5.41 Å². The molecule has 0 aromatic heterocycles. The van der Waals surface area contributed by atoms with Crippen LogP contribution in [0.1, 0.15) is 31.2 Å². The molecule has 1 aliphatic rings. The Morgan fingerprint density at radius 2 is 1.93 bits per heavy atom. The first kappa shape index (κ1) is 10.0. The molecule has 0 heterocycles. The van der Waals surface area contributed by atoms with Gasteiger partial charge in [0.15, 0.2) is 0 Å². The maximum atomic E-state index is 9.86. The number of nitrogens with zero attached hydrogens (tertiary/aromatic N) is 1. The summed E-state index contributed by atoms with van der Waals surface area (Å²) in [4.78, 5) is 3.55. The molecule has 15 heavy (non-hydrogen) atoms. The van der Waals surface area contributed by atoms with E-state index in [4.69, 9.17) is 6.57 Å². The van der Waals surface area contributed by atoms with Gasteiger partial charge in [0.1, 0.15) is 5.75 Å². The summed E-state index contributed by atoms with van der Waals surface area (Å²) < 4.78 is 0. The largest absolute Gasteiger partial charge is 0.508 e. The molecule has 0 saturated heterocycles. The molecule has 0 unspecified atom stereocenters. The first-order chi connectivity index (χ1) is 7.28. The second-order valence-electron chi connectivity index (χ2n) is 4.32. The highest BCUT2D eigenvalue weighted by Gasteiger charge is 2.40. The molecule has 78 valence electrons. The van der Waals surface area contributed by atoms with E-state index in [1.165, 1.54) is 12.8 Å². The van der Waals surface area contributed by atoms with Crippen molar-refractivity contribution in [3.8, 4) is 5.75 Å². The Hall–Kier alpha value is -1.49. The maximum absolute atomic E-state index is 9.86. The number of hydrogen-bond donors (Lipinski definition) is 1. The first-order valence-electron chi connectivity index (χ1n) is 5.40. The lowest BCUT2D eigenvalue weighted by Crippen LogP contribution is -2.25. The standard InChI is InChI=1S/C13H15NO/c1-14-10-13(8-4-5-9-13)11-6-2-3-7-12(11)15/h2-3,6-7,15H,4-5,8-10H2. The minimum absolute atomic E-state index is 0.0763. The molecule has 1 fully saturated rings. The lowest BCUT2D eigenvalue weighted by molar-refractivity contribution is 0.418. The van der Waals surface area contributed by atoms with Gasteiger partial charge < -0.3 is 9.95 Å². The zero-order valence-electron chi connectivity index (χ0n) is 8.74. The average molecular weight is 201 g/mol. The molecular weight excluding hydrogens is 186 g/mol. The van der Waals surface area contributed by atoms with E-state index >= 15 is 0 Å². The van der Waals surface area contributed by atoms with E-state index < -0.39 is 0 Å². The summed E-state index contributed by atoms with van der Waals surface area (Å²) in [6.45, 7) is 7.56. The Balaban J connectivity index is 2.42. The lowest BCUT2D eigenvalue weighted by atomic mass is 9.78. The number of phenolic OH excluding ortho intramolecular Hbond substituents is 1. The predicted molar refractivity (Wildman–Crippen MR) is 59.7 cm³/mol. The van der Waals surface area contributed by atoms with E-state index in [1.54, 1.807) is 6.07 Å². The van der Waals surface area contributed by atoms with Crippen molar-refractivity contribution in [2.24, 2.45) is 0 Å². The predicted octanol–water partition coefficient (Wildman–Crippen LogP) is 3.12. The third kappa shape index (κ3) is 1.70. The molecule has 2 rings (SSSR count). The van der Waals surface area contributed by atoms with Gasteiger partial charge in [-0.1, -0.05) is 31.0 Å². The van der Waals surface area contributed by atoms with Crippen molar-refractivity contribution < 1.29 is 5.11 Å². The summed E-state index contributed by atoms with van der Waals surface area (Å²) in [6.07, 6.45) is 4.41. The highest BCUT2D eigenvalue weighted by Crippen LogP contribution is 2.44. The molecule has 0 atom stereocenters. The molecule has 0 bridgehead atoms. The molecular formula is C13H15NO. The number of phenols is 1. The molecule has 0 spiro atoms. The van der Waals surface area contributed by atoms with Crippen LogP contribution < -0.4 is 0 Å². The van der Waals surface area contributed by atoms with Crippen LogP contribution in [0, 0.1) is 6.57 Å². The van der Waals surface area contributed by atoms with Crippen LogP contribution in [0.3, 0.4) is 0 Å². The normalized spacial score (nSPS) is 18.6. The third-order valence-electron chi connectivity index (χ3n) is 3.42. The van der Waals surface area contributed by atoms with Gasteiger partial charge in [-0.2, -0.15) is 0 Å². The quantitative estimate of drug-likeness (QED) is 0.730. The van der Waals surface area contributed by atoms with E-state index in [-0.39, 0.29) is 5.41 Å². The van der Waals surface area contributed by atoms with Crippen LogP contribution in [0.4, 0.5) is 0 Å². The van der Waals surface area contributed by atoms with Crippen molar-refractivity contribution in [1.29, 1.82) is 0 Å². The monoisotopic (exact) mass is 201 g/mol. The number of aromatic hydroxyl groups is 1. The first-order valence-corrected chi connectivity index (χ1v) is 5.40. The summed E-state index contributed by atoms with van der Waals surface area (Å²) in [5.41, 5.74) is 0.895. The summed E-state index contributed by atoms with van der Waals surface area (Å²) in [6, 6.07) is 7.46. The molecule has 0 aliphatic heterocycles. The smallest absolute Gasteiger partial charge is 0.224 e. The van der Waals surface area contributed by atoms with Gasteiger partial charge in [0, 0.05) is 5.56 Å². The van der Waals surface area contributed by atoms with Crippen LogP contribution in [-0.2, 0) is 5.41 Å². The minimum atomic E-state index is -0.0763. The number of para-hydroxylation sites is 1. The fourth-order valence-corrected chi connectivity index (χ4v) is 2.64. The molecule has 1 N–H and O–H groups in total. The van der Waals surface area contributed by atoms with Crippen LogP contribution in [0.2, 0.25) is 0 Å². The molecule has 0 amide bonds. The van der Waals surface area contributed by atoms with Gasteiger partial charge in [0.2, 0.25) is 6.54 Å². The van der Waals surface area contributed by atoms with Crippen LogP contribution in [0.25, 0.3) is 4.85 Å². The fourth-order valence-electron chi connectivity index (χ4n) is 2.64. The zero-order valence-corrected chi connectivity index (χ0v) is 8.74. The second kappa shape index (κ2) is 3.94. The van der Waals surface area contributed by atoms with Crippen LogP contribution in [0.15, 0.2) is 24.3 Å². The van der Waals surface area contributed by atoms with Crippen LogP contribution in [0.5, 0.6) is 5.75 Å². The Morgan fingerprint density at radius 1 is 1.27 bits per heavy atom. The van der Waals surface area contributed by atoms with E-state index in [0.717, 1.165) is 18.4 Å². The van der Waals surface area contributed by atoms with E-state index in [2.05, 4.69) is 4.85 Å². The molecule has 2 nitrogen and oxygen atoms in total. The highest BCUT2D eigenvalue weighted by atomic mass is 16.3. The molecule has 1 aromatic carbocycles. The summed E-state index contributed by atoms with van der Waals surface area (Å²) in [5, 5.41) is 9.86. The number of benzene rings is 1. The third-order valence-corrected chi connectivity index (χ3v) is 3.42. The number of hydrogen-bond acceptors (Lipinski definition) is 1. The Morgan fingerprint density at radius 3 is 2.53 bits per heavy atom. The van der Waals surface area contributed by atoms with Crippen molar-refractivity contribution in [2.75, 3.05) is 6.54 Å². The summed E-state index contributed by atoms with van der Waals surface area (Å²) >= 11 is 0. The van der Waals surface area contributed by atoms with E-state index in [0.29, 0.717) is 12.3 Å². The highest BCUT2D eigenvalue weighted by molar-refractivity contribution is 5.40. The van der Waals surface area contributed by atoms with E-state index in [9.17, 15) is 5.11 Å². The van der Waals surface area contributed by atoms with Crippen molar-refractivity contribution in [3.63, 3.8) is 0 Å². The molecule has 1 aliphatic carbocycles. The van der Waals surface area contributed by atoms with Crippen molar-refractivity contribution in [3.05, 3.63) is 41.2 Å². The van der Waals surface area contributed by atoms with Gasteiger partial charge in [0.25, 0.3) is 0 Å². The SMILES string of the molecule is [C-]#[N+]CC1(c2ccccc2O)CCCC1. The summed E-state index contributed by atoms with van der Waals surface area (Å²) in [7, 11) is 0. The number of rotatable bonds is 2. The van der Waals surface area contributed by atoms with Gasteiger partial charge in [-0.25, -0.2) is 6.57 Å². The second-order valence-corrected chi connectivity index (χ2v) is 4.32. The van der Waals surface area contributed by atoms with Crippen molar-refractivity contribution >= 4 is 0 Å². The van der Waals surface area contributed by atoms with Crippen molar-refractivity contribution in [2.45, 2.75) is 31.1 Å². The molecule has 0 radical (unpaired) electrons. The van der Waals surface area contributed by atoms with E-state index in [1.807, 2.05) is 18.2 Å². The minimum Gasteiger partial charge on any atom is -0.508 e.